The lowest BCUT2D eigenvalue weighted by Crippen LogP contribution is -2.32. The van der Waals surface area contributed by atoms with Gasteiger partial charge >= 0.3 is 0 Å². The molecule has 1 heterocycles. The van der Waals surface area contributed by atoms with Crippen LogP contribution in [0.4, 0.5) is 5.69 Å². The van der Waals surface area contributed by atoms with Crippen molar-refractivity contribution < 1.29 is 4.79 Å². The van der Waals surface area contributed by atoms with E-state index in [0.717, 1.165) is 17.1 Å². The number of anilines is 1. The van der Waals surface area contributed by atoms with E-state index in [1.165, 1.54) is 0 Å². The average Bonchev–Trinajstić information content (AvgIpc) is 2.32. The van der Waals surface area contributed by atoms with E-state index in [1.807, 2.05) is 20.9 Å². The standard InChI is InChI=1S/C9H16N4O/c1-5(10)9(14)11-8-6(2)12-13(4)7(8)3/h5H,10H2,1-4H3,(H,11,14)/t5-/m0/s1. The first-order chi connectivity index (χ1) is 6.43. The zero-order valence-electron chi connectivity index (χ0n) is 8.96. The summed E-state index contributed by atoms with van der Waals surface area (Å²) in [6, 6.07) is -0.506. The minimum Gasteiger partial charge on any atom is -0.322 e. The summed E-state index contributed by atoms with van der Waals surface area (Å²) in [4.78, 5) is 11.4. The third kappa shape index (κ3) is 1.93. The minimum atomic E-state index is -0.506. The summed E-state index contributed by atoms with van der Waals surface area (Å²) >= 11 is 0. The fourth-order valence-corrected chi connectivity index (χ4v) is 1.19. The van der Waals surface area contributed by atoms with Gasteiger partial charge in [0.2, 0.25) is 5.91 Å². The maximum atomic E-state index is 11.4. The molecule has 0 aliphatic carbocycles. The van der Waals surface area contributed by atoms with Crippen LogP contribution in [0.3, 0.4) is 0 Å². The van der Waals surface area contributed by atoms with E-state index in [2.05, 4.69) is 10.4 Å². The molecule has 0 saturated carbocycles. The van der Waals surface area contributed by atoms with Crippen LogP contribution in [0.15, 0.2) is 0 Å². The topological polar surface area (TPSA) is 72.9 Å². The molecule has 14 heavy (non-hydrogen) atoms. The first kappa shape index (κ1) is 10.7. The summed E-state index contributed by atoms with van der Waals surface area (Å²) < 4.78 is 1.73. The number of carbonyl (C=O) groups excluding carboxylic acids is 1. The van der Waals surface area contributed by atoms with Crippen molar-refractivity contribution in [2.24, 2.45) is 12.8 Å². The van der Waals surface area contributed by atoms with Gasteiger partial charge in [0.25, 0.3) is 0 Å². The molecule has 3 N–H and O–H groups in total. The predicted molar refractivity (Wildman–Crippen MR) is 55.0 cm³/mol. The van der Waals surface area contributed by atoms with Gasteiger partial charge < -0.3 is 11.1 Å². The van der Waals surface area contributed by atoms with Gasteiger partial charge in [-0.2, -0.15) is 5.10 Å². The van der Waals surface area contributed by atoms with Crippen LogP contribution >= 0.6 is 0 Å². The second-order valence-electron chi connectivity index (χ2n) is 3.45. The molecule has 0 spiro atoms. The van der Waals surface area contributed by atoms with Crippen molar-refractivity contribution in [3.05, 3.63) is 11.4 Å². The van der Waals surface area contributed by atoms with Crippen molar-refractivity contribution in [3.63, 3.8) is 0 Å². The quantitative estimate of drug-likeness (QED) is 0.715. The lowest BCUT2D eigenvalue weighted by atomic mass is 10.2. The molecule has 0 fully saturated rings. The number of carbonyl (C=O) groups is 1. The van der Waals surface area contributed by atoms with Gasteiger partial charge in [-0.25, -0.2) is 0 Å². The largest absolute Gasteiger partial charge is 0.322 e. The molecular weight excluding hydrogens is 180 g/mol. The van der Waals surface area contributed by atoms with Crippen LogP contribution in [0.25, 0.3) is 0 Å². The Morgan fingerprint density at radius 1 is 1.57 bits per heavy atom. The zero-order chi connectivity index (χ0) is 10.9. The smallest absolute Gasteiger partial charge is 0.241 e. The van der Waals surface area contributed by atoms with E-state index >= 15 is 0 Å². The lowest BCUT2D eigenvalue weighted by Gasteiger charge is -2.07. The number of nitrogens with one attached hydrogen (secondary N) is 1. The molecule has 1 aromatic heterocycles. The van der Waals surface area contributed by atoms with Crippen LogP contribution in [0, 0.1) is 13.8 Å². The third-order valence-corrected chi connectivity index (χ3v) is 2.17. The van der Waals surface area contributed by atoms with Crippen molar-refractivity contribution in [1.82, 2.24) is 9.78 Å². The summed E-state index contributed by atoms with van der Waals surface area (Å²) in [7, 11) is 1.84. The lowest BCUT2D eigenvalue weighted by molar-refractivity contribution is -0.117. The summed E-state index contributed by atoms with van der Waals surface area (Å²) in [5, 5.41) is 6.94. The summed E-state index contributed by atoms with van der Waals surface area (Å²) in [6.07, 6.45) is 0. The Labute approximate surface area is 83.3 Å². The predicted octanol–water partition coefficient (Wildman–Crippen LogP) is 0.323. The van der Waals surface area contributed by atoms with Crippen LogP contribution in [0.2, 0.25) is 0 Å². The van der Waals surface area contributed by atoms with Crippen LogP contribution < -0.4 is 11.1 Å². The van der Waals surface area contributed by atoms with Gasteiger partial charge in [-0.3, -0.25) is 9.48 Å². The highest BCUT2D eigenvalue weighted by molar-refractivity contribution is 5.95. The Kier molecular flexibility index (Phi) is 2.90. The first-order valence-corrected chi connectivity index (χ1v) is 4.50. The second kappa shape index (κ2) is 3.79. The van der Waals surface area contributed by atoms with Gasteiger partial charge in [0.05, 0.1) is 23.1 Å². The number of amides is 1. The Morgan fingerprint density at radius 2 is 2.14 bits per heavy atom. The van der Waals surface area contributed by atoms with Crippen molar-refractivity contribution in [3.8, 4) is 0 Å². The Balaban J connectivity index is 2.92. The molecule has 0 bridgehead atoms. The first-order valence-electron chi connectivity index (χ1n) is 4.50. The maximum absolute atomic E-state index is 11.4. The number of nitrogens with zero attached hydrogens (tertiary/aromatic N) is 2. The molecule has 5 nitrogen and oxygen atoms in total. The fourth-order valence-electron chi connectivity index (χ4n) is 1.19. The summed E-state index contributed by atoms with van der Waals surface area (Å²) in [5.41, 5.74) is 7.94. The molecule has 0 saturated heterocycles. The molecule has 0 radical (unpaired) electrons. The number of nitrogens with two attached hydrogens (primary N) is 1. The van der Waals surface area contributed by atoms with E-state index in [9.17, 15) is 4.79 Å². The van der Waals surface area contributed by atoms with Crippen LogP contribution in [0.1, 0.15) is 18.3 Å². The Bertz CT molecular complexity index is 354. The molecule has 0 aliphatic rings. The summed E-state index contributed by atoms with van der Waals surface area (Å²) in [5.74, 6) is -0.191. The highest BCUT2D eigenvalue weighted by Crippen LogP contribution is 2.18. The van der Waals surface area contributed by atoms with Crippen molar-refractivity contribution in [1.29, 1.82) is 0 Å². The van der Waals surface area contributed by atoms with E-state index < -0.39 is 6.04 Å². The number of aryl methyl sites for hydroxylation is 2. The molecule has 1 atom stereocenters. The molecule has 1 rings (SSSR count). The normalized spacial score (nSPS) is 12.6. The monoisotopic (exact) mass is 196 g/mol. The van der Waals surface area contributed by atoms with E-state index in [1.54, 1.807) is 11.6 Å². The molecule has 0 unspecified atom stereocenters. The molecule has 78 valence electrons. The summed E-state index contributed by atoms with van der Waals surface area (Å²) in [6.45, 7) is 5.40. The van der Waals surface area contributed by atoms with Gasteiger partial charge in [0.1, 0.15) is 0 Å². The van der Waals surface area contributed by atoms with Gasteiger partial charge in [-0.15, -0.1) is 0 Å². The molecule has 0 aromatic carbocycles. The van der Waals surface area contributed by atoms with Crippen LogP contribution in [0.5, 0.6) is 0 Å². The molecule has 1 amide bonds. The number of hydrogen-bond donors (Lipinski definition) is 2. The maximum Gasteiger partial charge on any atom is 0.241 e. The van der Waals surface area contributed by atoms with Crippen molar-refractivity contribution in [2.45, 2.75) is 26.8 Å². The Hall–Kier alpha value is -1.36. The fraction of sp³-hybridized carbons (Fsp3) is 0.556. The van der Waals surface area contributed by atoms with Gasteiger partial charge in [0.15, 0.2) is 0 Å². The number of hydrogen-bond acceptors (Lipinski definition) is 3. The van der Waals surface area contributed by atoms with Crippen LogP contribution in [-0.4, -0.2) is 21.7 Å². The van der Waals surface area contributed by atoms with Crippen LogP contribution in [-0.2, 0) is 11.8 Å². The van der Waals surface area contributed by atoms with Crippen molar-refractivity contribution >= 4 is 11.6 Å². The molecule has 0 aliphatic heterocycles. The zero-order valence-corrected chi connectivity index (χ0v) is 8.96. The SMILES string of the molecule is Cc1nn(C)c(C)c1NC(=O)[C@H](C)N. The van der Waals surface area contributed by atoms with E-state index in [0.29, 0.717) is 0 Å². The Morgan fingerprint density at radius 3 is 2.50 bits per heavy atom. The van der Waals surface area contributed by atoms with Gasteiger partial charge in [-0.1, -0.05) is 0 Å². The third-order valence-electron chi connectivity index (χ3n) is 2.17. The molecule has 1 aromatic rings. The minimum absolute atomic E-state index is 0.191. The van der Waals surface area contributed by atoms with E-state index in [4.69, 9.17) is 5.73 Å². The molecule has 5 heteroatoms. The molecular formula is C9H16N4O. The van der Waals surface area contributed by atoms with Gasteiger partial charge in [-0.05, 0) is 20.8 Å². The number of rotatable bonds is 2. The average molecular weight is 196 g/mol. The highest BCUT2D eigenvalue weighted by Gasteiger charge is 2.14. The van der Waals surface area contributed by atoms with E-state index in [-0.39, 0.29) is 5.91 Å². The van der Waals surface area contributed by atoms with Gasteiger partial charge in [0, 0.05) is 7.05 Å². The van der Waals surface area contributed by atoms with Crippen molar-refractivity contribution in [2.75, 3.05) is 5.32 Å². The number of aromatic nitrogens is 2. The highest BCUT2D eigenvalue weighted by atomic mass is 16.2. The second-order valence-corrected chi connectivity index (χ2v) is 3.45.